The highest BCUT2D eigenvalue weighted by atomic mass is 16.5. The molecule has 2 aromatic rings. The highest BCUT2D eigenvalue weighted by Gasteiger charge is 2.06. The zero-order valence-corrected chi connectivity index (χ0v) is 9.65. The van der Waals surface area contributed by atoms with Gasteiger partial charge in [-0.25, -0.2) is 0 Å². The second kappa shape index (κ2) is 5.14. The highest BCUT2D eigenvalue weighted by Crippen LogP contribution is 2.08. The fourth-order valence-corrected chi connectivity index (χ4v) is 1.48. The fraction of sp³-hybridized carbons (Fsp3) is 0. The first kappa shape index (κ1) is 11.9. The quantitative estimate of drug-likeness (QED) is 0.282. The normalized spacial score (nSPS) is 10.7. The molecule has 0 bridgehead atoms. The Bertz CT molecular complexity index is 589. The standard InChI is InChI=1S/C14H12N2O2/c15-13-6-3-11(4-7-13)5-8-14(17)12-2-1-9-16(18)10-12/h1-10H,(H2-,15,17,18)/p+1. The molecular formula is C14H13N2O2+. The molecule has 4 nitrogen and oxygen atoms in total. The van der Waals surface area contributed by atoms with Crippen LogP contribution in [0.15, 0.2) is 54.9 Å². The Morgan fingerprint density at radius 1 is 1.22 bits per heavy atom. The molecule has 0 saturated heterocycles. The van der Waals surface area contributed by atoms with Crippen LogP contribution in [0.3, 0.4) is 0 Å². The number of allylic oxidation sites excluding steroid dienone is 1. The van der Waals surface area contributed by atoms with E-state index in [1.54, 1.807) is 30.3 Å². The van der Waals surface area contributed by atoms with E-state index < -0.39 is 0 Å². The van der Waals surface area contributed by atoms with Crippen LogP contribution < -0.4 is 10.5 Å². The van der Waals surface area contributed by atoms with Gasteiger partial charge in [0.1, 0.15) is 0 Å². The molecule has 0 aliphatic carbocycles. The summed E-state index contributed by atoms with van der Waals surface area (Å²) >= 11 is 0. The van der Waals surface area contributed by atoms with Crippen LogP contribution in [0.1, 0.15) is 15.9 Å². The zero-order chi connectivity index (χ0) is 13.0. The molecule has 0 fully saturated rings. The molecule has 0 spiro atoms. The lowest BCUT2D eigenvalue weighted by molar-refractivity contribution is -0.904. The smallest absolute Gasteiger partial charge is 0.233 e. The number of hydrogen-bond donors (Lipinski definition) is 2. The molecule has 4 heteroatoms. The van der Waals surface area contributed by atoms with E-state index in [0.717, 1.165) is 10.3 Å². The molecule has 2 rings (SSSR count). The largest absolute Gasteiger partial charge is 0.399 e. The zero-order valence-electron chi connectivity index (χ0n) is 9.65. The SMILES string of the molecule is Nc1ccc(C=CC(=O)c2ccc[n+](O)c2)cc1. The predicted molar refractivity (Wildman–Crippen MR) is 68.0 cm³/mol. The van der Waals surface area contributed by atoms with Crippen LogP contribution in [0.5, 0.6) is 0 Å². The van der Waals surface area contributed by atoms with Crippen molar-refractivity contribution in [3.05, 3.63) is 66.0 Å². The summed E-state index contributed by atoms with van der Waals surface area (Å²) in [6.07, 6.45) is 5.97. The fourth-order valence-electron chi connectivity index (χ4n) is 1.48. The van der Waals surface area contributed by atoms with Crippen LogP contribution in [0.2, 0.25) is 0 Å². The number of rotatable bonds is 3. The van der Waals surface area contributed by atoms with Crippen molar-refractivity contribution in [3.8, 4) is 0 Å². The van der Waals surface area contributed by atoms with Crippen LogP contribution in [0.25, 0.3) is 6.08 Å². The lowest BCUT2D eigenvalue weighted by Gasteiger charge is -1.95. The van der Waals surface area contributed by atoms with Crippen LogP contribution in [-0.4, -0.2) is 11.0 Å². The van der Waals surface area contributed by atoms with E-state index in [1.165, 1.54) is 18.5 Å². The first-order valence-corrected chi connectivity index (χ1v) is 5.44. The van der Waals surface area contributed by atoms with E-state index in [-0.39, 0.29) is 5.78 Å². The highest BCUT2D eigenvalue weighted by molar-refractivity contribution is 6.06. The number of carbonyl (C=O) groups is 1. The molecule has 0 radical (unpaired) electrons. The monoisotopic (exact) mass is 241 g/mol. The van der Waals surface area contributed by atoms with Crippen molar-refractivity contribution in [1.82, 2.24) is 0 Å². The number of anilines is 1. The molecule has 1 aromatic heterocycles. The number of nitrogens with zero attached hydrogens (tertiary/aromatic N) is 1. The number of pyridine rings is 1. The van der Waals surface area contributed by atoms with E-state index in [9.17, 15) is 10.0 Å². The van der Waals surface area contributed by atoms with Crippen molar-refractivity contribution < 1.29 is 14.7 Å². The molecule has 90 valence electrons. The van der Waals surface area contributed by atoms with Crippen molar-refractivity contribution in [1.29, 1.82) is 0 Å². The first-order chi connectivity index (χ1) is 8.65. The number of nitrogen functional groups attached to an aromatic ring is 1. The Morgan fingerprint density at radius 3 is 2.61 bits per heavy atom. The summed E-state index contributed by atoms with van der Waals surface area (Å²) < 4.78 is 0.851. The Kier molecular flexibility index (Phi) is 3.38. The maximum absolute atomic E-state index is 11.8. The van der Waals surface area contributed by atoms with E-state index in [0.29, 0.717) is 11.3 Å². The van der Waals surface area contributed by atoms with Crippen molar-refractivity contribution in [2.24, 2.45) is 0 Å². The van der Waals surface area contributed by atoms with E-state index >= 15 is 0 Å². The molecule has 1 aromatic carbocycles. The summed E-state index contributed by atoms with van der Waals surface area (Å²) in [7, 11) is 0. The minimum Gasteiger partial charge on any atom is -0.399 e. The minimum absolute atomic E-state index is 0.171. The van der Waals surface area contributed by atoms with Gasteiger partial charge in [-0.15, -0.1) is 0 Å². The molecule has 1 heterocycles. The summed E-state index contributed by atoms with van der Waals surface area (Å²) in [5.74, 6) is -0.171. The predicted octanol–water partition coefficient (Wildman–Crippen LogP) is 1.69. The van der Waals surface area contributed by atoms with Crippen LogP contribution >= 0.6 is 0 Å². The summed E-state index contributed by atoms with van der Waals surface area (Å²) in [6, 6.07) is 10.4. The van der Waals surface area contributed by atoms with Gasteiger partial charge < -0.3 is 5.73 Å². The molecule has 0 amide bonds. The van der Waals surface area contributed by atoms with Gasteiger partial charge in [0.05, 0.1) is 5.56 Å². The second-order valence-corrected chi connectivity index (χ2v) is 3.84. The summed E-state index contributed by atoms with van der Waals surface area (Å²) in [5.41, 5.74) is 7.57. The Labute approximate surface area is 105 Å². The number of aromatic nitrogens is 1. The van der Waals surface area contributed by atoms with Gasteiger partial charge in [-0.3, -0.25) is 10.0 Å². The number of hydrogen-bond acceptors (Lipinski definition) is 3. The average Bonchev–Trinajstić information content (AvgIpc) is 2.38. The number of benzene rings is 1. The first-order valence-electron chi connectivity index (χ1n) is 5.44. The molecule has 0 saturated carbocycles. The van der Waals surface area contributed by atoms with Gasteiger partial charge in [0.2, 0.25) is 12.4 Å². The molecule has 0 aliphatic rings. The van der Waals surface area contributed by atoms with E-state index in [2.05, 4.69) is 0 Å². The molecule has 3 N–H and O–H groups in total. The average molecular weight is 241 g/mol. The summed E-state index contributed by atoms with van der Waals surface area (Å²) in [5, 5.41) is 9.20. The third-order valence-electron chi connectivity index (χ3n) is 2.43. The van der Waals surface area contributed by atoms with Gasteiger partial charge in [-0.2, -0.15) is 0 Å². The molecule has 0 unspecified atom stereocenters. The molecule has 0 atom stereocenters. The second-order valence-electron chi connectivity index (χ2n) is 3.84. The minimum atomic E-state index is -0.171. The lowest BCUT2D eigenvalue weighted by atomic mass is 10.1. The van der Waals surface area contributed by atoms with E-state index in [1.807, 2.05) is 12.1 Å². The van der Waals surface area contributed by atoms with Crippen molar-refractivity contribution in [3.63, 3.8) is 0 Å². The summed E-state index contributed by atoms with van der Waals surface area (Å²) in [6.45, 7) is 0. The van der Waals surface area contributed by atoms with Crippen LogP contribution in [0.4, 0.5) is 5.69 Å². The topological polar surface area (TPSA) is 67.2 Å². The maximum Gasteiger partial charge on any atom is 0.233 e. The number of nitrogens with two attached hydrogens (primary N) is 1. The van der Waals surface area contributed by atoms with Crippen molar-refractivity contribution >= 4 is 17.5 Å². The van der Waals surface area contributed by atoms with Gasteiger partial charge in [0, 0.05) is 16.5 Å². The summed E-state index contributed by atoms with van der Waals surface area (Å²) in [4.78, 5) is 11.8. The third kappa shape index (κ3) is 2.95. The van der Waals surface area contributed by atoms with Gasteiger partial charge in [-0.1, -0.05) is 18.2 Å². The van der Waals surface area contributed by atoms with Gasteiger partial charge in [-0.05, 0) is 29.8 Å². The van der Waals surface area contributed by atoms with Crippen LogP contribution in [-0.2, 0) is 0 Å². The maximum atomic E-state index is 11.8. The number of ketones is 1. The molecule has 18 heavy (non-hydrogen) atoms. The van der Waals surface area contributed by atoms with Gasteiger partial charge in [0.25, 0.3) is 0 Å². The Hall–Kier alpha value is -2.62. The van der Waals surface area contributed by atoms with Crippen LogP contribution in [0, 0.1) is 0 Å². The lowest BCUT2D eigenvalue weighted by Crippen LogP contribution is -2.29. The van der Waals surface area contributed by atoms with Gasteiger partial charge >= 0.3 is 0 Å². The Morgan fingerprint density at radius 2 is 1.94 bits per heavy atom. The van der Waals surface area contributed by atoms with Gasteiger partial charge in [0.15, 0.2) is 5.78 Å². The Balaban J connectivity index is 2.14. The van der Waals surface area contributed by atoms with E-state index in [4.69, 9.17) is 5.73 Å². The van der Waals surface area contributed by atoms with Crippen molar-refractivity contribution in [2.45, 2.75) is 0 Å². The third-order valence-corrected chi connectivity index (χ3v) is 2.43. The molecule has 0 aliphatic heterocycles. The molecular weight excluding hydrogens is 228 g/mol. The number of carbonyl (C=O) groups excluding carboxylic acids is 1. The van der Waals surface area contributed by atoms with Crippen molar-refractivity contribution in [2.75, 3.05) is 5.73 Å².